The summed E-state index contributed by atoms with van der Waals surface area (Å²) in [5, 5.41) is 1.87. The molecule has 0 aromatic heterocycles. The summed E-state index contributed by atoms with van der Waals surface area (Å²) in [5.74, 6) is 0.541. The Labute approximate surface area is 162 Å². The highest BCUT2D eigenvalue weighted by molar-refractivity contribution is 7.76. The third kappa shape index (κ3) is 3.65. The van der Waals surface area contributed by atoms with E-state index in [1.165, 1.54) is 5.56 Å². The van der Waals surface area contributed by atoms with Crippen molar-refractivity contribution in [2.75, 3.05) is 6.54 Å². The number of hydrogen-bond acceptors (Lipinski definition) is 1. The van der Waals surface area contributed by atoms with Crippen molar-refractivity contribution >= 4 is 17.9 Å². The molecule has 0 aliphatic carbocycles. The van der Waals surface area contributed by atoms with Gasteiger partial charge in [0.05, 0.1) is 0 Å². The zero-order valence-corrected chi connectivity index (χ0v) is 16.6. The van der Waals surface area contributed by atoms with Crippen molar-refractivity contribution in [1.29, 1.82) is 0 Å². The summed E-state index contributed by atoms with van der Waals surface area (Å²) in [5.41, 5.74) is 1.31. The maximum Gasteiger partial charge on any atom is 0.207 e. The first-order chi connectivity index (χ1) is 13.2. The van der Waals surface area contributed by atoms with Crippen molar-refractivity contribution in [2.24, 2.45) is 5.92 Å². The van der Waals surface area contributed by atoms with Gasteiger partial charge < -0.3 is 0 Å². The molecule has 2 nitrogen and oxygen atoms in total. The zero-order chi connectivity index (χ0) is 18.7. The van der Waals surface area contributed by atoms with Crippen molar-refractivity contribution < 1.29 is 4.57 Å². The molecule has 0 N–H and O–H groups in total. The fraction of sp³-hybridized carbons (Fsp3) is 0.250. The predicted molar refractivity (Wildman–Crippen MR) is 114 cm³/mol. The molecule has 1 aliphatic rings. The number of nitrogens with zero attached hydrogens (tertiary/aromatic N) is 1. The van der Waals surface area contributed by atoms with Gasteiger partial charge in [-0.1, -0.05) is 73.7 Å². The largest absolute Gasteiger partial charge is 0.296 e. The maximum absolute atomic E-state index is 14.7. The molecule has 0 amide bonds. The Morgan fingerprint density at radius 3 is 1.81 bits per heavy atom. The van der Waals surface area contributed by atoms with Gasteiger partial charge in [-0.2, -0.15) is 0 Å². The van der Waals surface area contributed by atoms with Crippen molar-refractivity contribution in [1.82, 2.24) is 4.67 Å². The number of benzene rings is 3. The molecule has 1 aliphatic heterocycles. The normalized spacial score (nSPS) is 20.6. The molecule has 3 aromatic carbocycles. The van der Waals surface area contributed by atoms with Crippen LogP contribution in [0.1, 0.15) is 18.9 Å². The Morgan fingerprint density at radius 1 is 0.815 bits per heavy atom. The van der Waals surface area contributed by atoms with E-state index in [0.717, 1.165) is 30.0 Å². The predicted octanol–water partition coefficient (Wildman–Crippen LogP) is 4.87. The van der Waals surface area contributed by atoms with Crippen LogP contribution in [0.5, 0.6) is 0 Å². The Balaban J connectivity index is 1.78. The molecule has 0 radical (unpaired) electrons. The molecule has 0 bridgehead atoms. The molecule has 1 heterocycles. The van der Waals surface area contributed by atoms with Gasteiger partial charge in [-0.15, -0.1) is 0 Å². The summed E-state index contributed by atoms with van der Waals surface area (Å²) >= 11 is 0. The van der Waals surface area contributed by atoms with E-state index in [-0.39, 0.29) is 6.04 Å². The van der Waals surface area contributed by atoms with Gasteiger partial charge in [-0.05, 0) is 48.6 Å². The standard InChI is InChI=1S/C24H26NOP/c1-20-17-22(18-21-11-5-2-6-12-21)25(19-20)27(26,23-13-7-3-8-14-23)24-15-9-4-10-16-24/h2-16,20,22H,17-19H2,1H3/t20-,22+/m1/s1. The Kier molecular flexibility index (Phi) is 5.29. The first kappa shape index (κ1) is 18.2. The smallest absolute Gasteiger partial charge is 0.207 e. The van der Waals surface area contributed by atoms with E-state index in [9.17, 15) is 4.57 Å². The van der Waals surface area contributed by atoms with Crippen LogP contribution in [0.15, 0.2) is 91.0 Å². The second kappa shape index (κ2) is 7.84. The van der Waals surface area contributed by atoms with Gasteiger partial charge in [0.25, 0.3) is 0 Å². The summed E-state index contributed by atoms with van der Waals surface area (Å²) in [6.45, 7) is 3.15. The second-order valence-electron chi connectivity index (χ2n) is 7.55. The molecule has 3 heteroatoms. The van der Waals surface area contributed by atoms with Gasteiger partial charge in [0.15, 0.2) is 0 Å². The topological polar surface area (TPSA) is 20.3 Å². The zero-order valence-electron chi connectivity index (χ0n) is 15.7. The summed E-state index contributed by atoms with van der Waals surface area (Å²) in [7, 11) is -2.87. The molecule has 1 fully saturated rings. The van der Waals surface area contributed by atoms with Gasteiger partial charge in [0.2, 0.25) is 7.29 Å². The quantitative estimate of drug-likeness (QED) is 0.593. The van der Waals surface area contributed by atoms with E-state index in [1.54, 1.807) is 0 Å². The molecule has 0 unspecified atom stereocenters. The van der Waals surface area contributed by atoms with Gasteiger partial charge in [-0.3, -0.25) is 4.57 Å². The fourth-order valence-electron chi connectivity index (χ4n) is 4.25. The molecule has 0 spiro atoms. The van der Waals surface area contributed by atoms with E-state index >= 15 is 0 Å². The molecular formula is C24H26NOP. The summed E-state index contributed by atoms with van der Waals surface area (Å²) in [4.78, 5) is 0. The number of rotatable bonds is 5. The SMILES string of the molecule is C[C@@H]1C[C@@H](Cc2ccccc2)N(P(=O)(c2ccccc2)c2ccccc2)C1. The van der Waals surface area contributed by atoms with Gasteiger partial charge in [0.1, 0.15) is 0 Å². The molecule has 138 valence electrons. The van der Waals surface area contributed by atoms with Crippen LogP contribution in [0.4, 0.5) is 0 Å². The van der Waals surface area contributed by atoms with Crippen LogP contribution in [-0.4, -0.2) is 17.3 Å². The lowest BCUT2D eigenvalue weighted by molar-refractivity contribution is 0.393. The summed E-state index contributed by atoms with van der Waals surface area (Å²) < 4.78 is 17.0. The van der Waals surface area contributed by atoms with Crippen LogP contribution >= 0.6 is 7.29 Å². The molecule has 27 heavy (non-hydrogen) atoms. The van der Waals surface area contributed by atoms with Crippen LogP contribution in [0, 0.1) is 5.92 Å². The van der Waals surface area contributed by atoms with Crippen LogP contribution < -0.4 is 10.6 Å². The van der Waals surface area contributed by atoms with E-state index in [2.05, 4.69) is 41.9 Å². The average Bonchev–Trinajstić information content (AvgIpc) is 3.10. The van der Waals surface area contributed by atoms with Crippen molar-refractivity contribution in [3.8, 4) is 0 Å². The van der Waals surface area contributed by atoms with Crippen LogP contribution in [0.3, 0.4) is 0 Å². The Bertz CT molecular complexity index is 867. The van der Waals surface area contributed by atoms with Gasteiger partial charge in [0, 0.05) is 23.2 Å². The molecule has 0 saturated carbocycles. The lowest BCUT2D eigenvalue weighted by Crippen LogP contribution is -2.37. The van der Waals surface area contributed by atoms with Crippen molar-refractivity contribution in [3.05, 3.63) is 96.6 Å². The highest BCUT2D eigenvalue weighted by Crippen LogP contribution is 2.52. The highest BCUT2D eigenvalue weighted by atomic mass is 31.2. The van der Waals surface area contributed by atoms with Gasteiger partial charge >= 0.3 is 0 Å². The molecule has 2 atom stereocenters. The highest BCUT2D eigenvalue weighted by Gasteiger charge is 2.43. The summed E-state index contributed by atoms with van der Waals surface area (Å²) in [6.07, 6.45) is 2.02. The monoisotopic (exact) mass is 375 g/mol. The third-order valence-electron chi connectivity index (χ3n) is 5.48. The van der Waals surface area contributed by atoms with E-state index < -0.39 is 7.29 Å². The van der Waals surface area contributed by atoms with Crippen molar-refractivity contribution in [2.45, 2.75) is 25.8 Å². The molecule has 1 saturated heterocycles. The molecule has 3 aromatic rings. The van der Waals surface area contributed by atoms with E-state index in [4.69, 9.17) is 0 Å². The minimum Gasteiger partial charge on any atom is -0.296 e. The molecular weight excluding hydrogens is 349 g/mol. The second-order valence-corrected chi connectivity index (χ2v) is 10.3. The Hall–Kier alpha value is -2.15. The minimum atomic E-state index is -2.87. The Morgan fingerprint density at radius 2 is 1.30 bits per heavy atom. The summed E-state index contributed by atoms with van der Waals surface area (Å²) in [6, 6.07) is 30.9. The third-order valence-corrected chi connectivity index (χ3v) is 8.69. The maximum atomic E-state index is 14.7. The average molecular weight is 375 g/mol. The van der Waals surface area contributed by atoms with Crippen molar-refractivity contribution in [3.63, 3.8) is 0 Å². The first-order valence-corrected chi connectivity index (χ1v) is 11.4. The first-order valence-electron chi connectivity index (χ1n) is 9.70. The lowest BCUT2D eigenvalue weighted by Gasteiger charge is -2.34. The van der Waals surface area contributed by atoms with Crippen LogP contribution in [0.25, 0.3) is 0 Å². The minimum absolute atomic E-state index is 0.286. The molecule has 4 rings (SSSR count). The fourth-order valence-corrected chi connectivity index (χ4v) is 7.44. The van der Waals surface area contributed by atoms with Crippen LogP contribution in [0.2, 0.25) is 0 Å². The van der Waals surface area contributed by atoms with E-state index in [1.807, 2.05) is 60.7 Å². The van der Waals surface area contributed by atoms with E-state index in [0.29, 0.717) is 5.92 Å². The lowest BCUT2D eigenvalue weighted by atomic mass is 10.0. The van der Waals surface area contributed by atoms with Crippen LogP contribution in [-0.2, 0) is 11.0 Å². The number of hydrogen-bond donors (Lipinski definition) is 0. The van der Waals surface area contributed by atoms with Gasteiger partial charge in [-0.25, -0.2) is 4.67 Å².